The second-order valence-electron chi connectivity index (χ2n) is 6.57. The van der Waals surface area contributed by atoms with Gasteiger partial charge >= 0.3 is 6.03 Å². The van der Waals surface area contributed by atoms with Crippen molar-refractivity contribution in [2.24, 2.45) is 0 Å². The summed E-state index contributed by atoms with van der Waals surface area (Å²) < 4.78 is 1.70. The van der Waals surface area contributed by atoms with E-state index in [1.807, 2.05) is 25.1 Å². The highest BCUT2D eigenvalue weighted by atomic mass is 16.2. The van der Waals surface area contributed by atoms with Crippen molar-refractivity contribution in [3.63, 3.8) is 0 Å². The van der Waals surface area contributed by atoms with E-state index in [0.717, 1.165) is 18.8 Å². The van der Waals surface area contributed by atoms with Crippen LogP contribution >= 0.6 is 0 Å². The second-order valence-corrected chi connectivity index (χ2v) is 6.57. The van der Waals surface area contributed by atoms with Gasteiger partial charge in [0.15, 0.2) is 0 Å². The van der Waals surface area contributed by atoms with Gasteiger partial charge in [-0.1, -0.05) is 18.9 Å². The number of benzene rings is 1. The molecule has 1 aromatic carbocycles. The first kappa shape index (κ1) is 17.3. The van der Waals surface area contributed by atoms with E-state index >= 15 is 0 Å². The van der Waals surface area contributed by atoms with Gasteiger partial charge in [0.05, 0.1) is 6.54 Å². The van der Waals surface area contributed by atoms with Gasteiger partial charge in [-0.05, 0) is 38.0 Å². The number of nitrogens with zero attached hydrogens (tertiary/aromatic N) is 4. The summed E-state index contributed by atoms with van der Waals surface area (Å²) in [6.07, 6.45) is 8.21. The molecule has 134 valence electrons. The van der Waals surface area contributed by atoms with Crippen molar-refractivity contribution < 1.29 is 4.79 Å². The monoisotopic (exact) mass is 342 g/mol. The Kier molecular flexibility index (Phi) is 5.87. The minimum atomic E-state index is -0.208. The predicted molar refractivity (Wildman–Crippen MR) is 98.8 cm³/mol. The Hall–Kier alpha value is -2.57. The van der Waals surface area contributed by atoms with Gasteiger partial charge in [0.2, 0.25) is 0 Å². The normalized spacial score (nSPS) is 16.1. The number of hydrogen-bond acceptors (Lipinski definition) is 4. The third kappa shape index (κ3) is 5.20. The van der Waals surface area contributed by atoms with Gasteiger partial charge in [0.25, 0.3) is 0 Å². The van der Waals surface area contributed by atoms with Gasteiger partial charge < -0.3 is 15.5 Å². The number of carbonyl (C=O) groups excluding carboxylic acids is 1. The summed E-state index contributed by atoms with van der Waals surface area (Å²) in [5.74, 6) is 0. The molecule has 7 heteroatoms. The average Bonchev–Trinajstić information content (AvgIpc) is 2.94. The number of anilines is 2. The second kappa shape index (κ2) is 8.50. The standard InChI is InChI=1S/C18H26N6O/c1-15(12-24-14-19-13-20-24)21-18(25)22-16-7-6-8-17(11-16)23-9-4-2-3-5-10-23/h6-8,11,13-15H,2-5,9-10,12H2,1H3,(H2,21,22,25). The molecular weight excluding hydrogens is 316 g/mol. The maximum atomic E-state index is 12.2. The number of aromatic nitrogens is 3. The molecule has 2 N–H and O–H groups in total. The third-order valence-electron chi connectivity index (χ3n) is 4.38. The van der Waals surface area contributed by atoms with Crippen molar-refractivity contribution >= 4 is 17.4 Å². The quantitative estimate of drug-likeness (QED) is 0.876. The van der Waals surface area contributed by atoms with Gasteiger partial charge in [-0.2, -0.15) is 5.10 Å². The Balaban J connectivity index is 1.54. The van der Waals surface area contributed by atoms with Gasteiger partial charge in [-0.25, -0.2) is 9.78 Å². The summed E-state index contributed by atoms with van der Waals surface area (Å²) in [6.45, 7) is 4.70. The molecule has 25 heavy (non-hydrogen) atoms. The van der Waals surface area contributed by atoms with Crippen LogP contribution in [-0.2, 0) is 6.54 Å². The molecule has 0 bridgehead atoms. The van der Waals surface area contributed by atoms with Crippen molar-refractivity contribution in [1.29, 1.82) is 0 Å². The van der Waals surface area contributed by atoms with Crippen molar-refractivity contribution in [2.45, 2.75) is 45.2 Å². The van der Waals surface area contributed by atoms with E-state index in [1.165, 1.54) is 37.7 Å². The van der Waals surface area contributed by atoms with Crippen LogP contribution in [0.25, 0.3) is 0 Å². The summed E-state index contributed by atoms with van der Waals surface area (Å²) in [4.78, 5) is 18.5. The van der Waals surface area contributed by atoms with Crippen molar-refractivity contribution in [3.05, 3.63) is 36.9 Å². The van der Waals surface area contributed by atoms with Crippen LogP contribution in [0.4, 0.5) is 16.2 Å². The molecule has 0 aliphatic carbocycles. The van der Waals surface area contributed by atoms with E-state index in [-0.39, 0.29) is 12.1 Å². The zero-order chi connectivity index (χ0) is 17.5. The Bertz CT molecular complexity index is 664. The number of amides is 2. The fourth-order valence-electron chi connectivity index (χ4n) is 3.15. The molecule has 0 spiro atoms. The molecule has 1 atom stereocenters. The average molecular weight is 342 g/mol. The van der Waals surface area contributed by atoms with Crippen LogP contribution in [0.1, 0.15) is 32.6 Å². The van der Waals surface area contributed by atoms with Crippen LogP contribution in [0.5, 0.6) is 0 Å². The lowest BCUT2D eigenvalue weighted by Gasteiger charge is -2.23. The number of hydrogen-bond donors (Lipinski definition) is 2. The minimum absolute atomic E-state index is 0.0458. The maximum absolute atomic E-state index is 12.2. The van der Waals surface area contributed by atoms with E-state index in [9.17, 15) is 4.79 Å². The van der Waals surface area contributed by atoms with Gasteiger partial charge in [0.1, 0.15) is 12.7 Å². The summed E-state index contributed by atoms with van der Waals surface area (Å²) in [6, 6.07) is 7.82. The Morgan fingerprint density at radius 2 is 2.04 bits per heavy atom. The lowest BCUT2D eigenvalue weighted by molar-refractivity contribution is 0.247. The minimum Gasteiger partial charge on any atom is -0.371 e. The first-order chi connectivity index (χ1) is 12.2. The molecule has 0 saturated carbocycles. The van der Waals surface area contributed by atoms with Crippen molar-refractivity contribution in [1.82, 2.24) is 20.1 Å². The molecule has 7 nitrogen and oxygen atoms in total. The van der Waals surface area contributed by atoms with Gasteiger partial charge in [-0.15, -0.1) is 0 Å². The molecule has 3 rings (SSSR count). The van der Waals surface area contributed by atoms with Crippen molar-refractivity contribution in [2.75, 3.05) is 23.3 Å². The molecule has 1 aliphatic rings. The number of nitrogens with one attached hydrogen (secondary N) is 2. The summed E-state index contributed by atoms with van der Waals surface area (Å²) in [5.41, 5.74) is 1.99. The van der Waals surface area contributed by atoms with Crippen LogP contribution in [-0.4, -0.2) is 39.9 Å². The van der Waals surface area contributed by atoms with Crippen LogP contribution in [0.3, 0.4) is 0 Å². The molecule has 1 aliphatic heterocycles. The number of rotatable bonds is 5. The van der Waals surface area contributed by atoms with Crippen LogP contribution in [0.15, 0.2) is 36.9 Å². The number of urea groups is 1. The van der Waals surface area contributed by atoms with Crippen LogP contribution in [0.2, 0.25) is 0 Å². The maximum Gasteiger partial charge on any atom is 0.319 e. The third-order valence-corrected chi connectivity index (χ3v) is 4.38. The van der Waals surface area contributed by atoms with Crippen molar-refractivity contribution in [3.8, 4) is 0 Å². The lowest BCUT2D eigenvalue weighted by atomic mass is 10.2. The lowest BCUT2D eigenvalue weighted by Crippen LogP contribution is -2.38. The summed E-state index contributed by atoms with van der Waals surface area (Å²) in [5, 5.41) is 9.90. The van der Waals surface area contributed by atoms with Crippen LogP contribution in [0, 0.1) is 0 Å². The van der Waals surface area contributed by atoms with E-state index in [1.54, 1.807) is 11.0 Å². The molecule has 1 unspecified atom stereocenters. The Labute approximate surface area is 148 Å². The topological polar surface area (TPSA) is 75.1 Å². The highest BCUT2D eigenvalue weighted by molar-refractivity contribution is 5.90. The van der Waals surface area contributed by atoms with E-state index < -0.39 is 0 Å². The van der Waals surface area contributed by atoms with E-state index in [4.69, 9.17) is 0 Å². The first-order valence-corrected chi connectivity index (χ1v) is 8.95. The molecule has 2 heterocycles. The molecular formula is C18H26N6O. The molecule has 1 aromatic heterocycles. The van der Waals surface area contributed by atoms with Gasteiger partial charge in [-0.3, -0.25) is 4.68 Å². The highest BCUT2D eigenvalue weighted by Crippen LogP contribution is 2.22. The van der Waals surface area contributed by atoms with Crippen LogP contribution < -0.4 is 15.5 Å². The zero-order valence-corrected chi connectivity index (χ0v) is 14.7. The molecule has 1 saturated heterocycles. The Morgan fingerprint density at radius 1 is 1.24 bits per heavy atom. The van der Waals surface area contributed by atoms with E-state index in [2.05, 4.69) is 31.7 Å². The molecule has 0 radical (unpaired) electrons. The molecule has 2 aromatic rings. The number of carbonyl (C=O) groups is 1. The Morgan fingerprint density at radius 3 is 2.76 bits per heavy atom. The first-order valence-electron chi connectivity index (χ1n) is 8.95. The SMILES string of the molecule is CC(Cn1cncn1)NC(=O)Nc1cccc(N2CCCCCC2)c1. The smallest absolute Gasteiger partial charge is 0.319 e. The van der Waals surface area contributed by atoms with Gasteiger partial charge in [0, 0.05) is 30.5 Å². The highest BCUT2D eigenvalue weighted by Gasteiger charge is 2.12. The summed E-state index contributed by atoms with van der Waals surface area (Å²) in [7, 11) is 0. The predicted octanol–water partition coefficient (Wildman–Crippen LogP) is 2.87. The summed E-state index contributed by atoms with van der Waals surface area (Å²) >= 11 is 0. The van der Waals surface area contributed by atoms with E-state index in [0.29, 0.717) is 6.54 Å². The molecule has 1 fully saturated rings. The fraction of sp³-hybridized carbons (Fsp3) is 0.500. The fourth-order valence-corrected chi connectivity index (χ4v) is 3.15. The zero-order valence-electron chi connectivity index (χ0n) is 14.7. The molecule has 2 amide bonds. The largest absolute Gasteiger partial charge is 0.371 e.